The average Bonchev–Trinajstić information content (AvgIpc) is 3.41. The first-order valence-corrected chi connectivity index (χ1v) is 15.0. The van der Waals surface area contributed by atoms with Crippen molar-refractivity contribution in [3.8, 4) is 0 Å². The second-order valence-electron chi connectivity index (χ2n) is 10.1. The quantitative estimate of drug-likeness (QED) is 0.0920. The van der Waals surface area contributed by atoms with Crippen LogP contribution in [0.3, 0.4) is 0 Å². The summed E-state index contributed by atoms with van der Waals surface area (Å²) in [5.41, 5.74) is 3.34. The largest absolute Gasteiger partial charge is 0.383 e. The van der Waals surface area contributed by atoms with Crippen LogP contribution in [0.1, 0.15) is 43.7 Å². The molecule has 3 aromatic rings. The van der Waals surface area contributed by atoms with Gasteiger partial charge in [0, 0.05) is 43.5 Å². The van der Waals surface area contributed by atoms with E-state index in [-0.39, 0.29) is 31.7 Å². The van der Waals surface area contributed by atoms with Gasteiger partial charge in [-0.2, -0.15) is 0 Å². The predicted molar refractivity (Wildman–Crippen MR) is 162 cm³/mol. The van der Waals surface area contributed by atoms with E-state index in [4.69, 9.17) is 9.94 Å². The van der Waals surface area contributed by atoms with Gasteiger partial charge in [-0.05, 0) is 34.4 Å². The van der Waals surface area contributed by atoms with Crippen molar-refractivity contribution < 1.29 is 29.1 Å². The smallest absolute Gasteiger partial charge is 0.244 e. The molecule has 0 radical (unpaired) electrons. The van der Waals surface area contributed by atoms with E-state index in [9.17, 15) is 19.2 Å². The van der Waals surface area contributed by atoms with Gasteiger partial charge in [-0.25, -0.2) is 5.48 Å². The van der Waals surface area contributed by atoms with Gasteiger partial charge in [0.1, 0.15) is 12.1 Å². The van der Waals surface area contributed by atoms with Gasteiger partial charge >= 0.3 is 0 Å². The van der Waals surface area contributed by atoms with Crippen LogP contribution in [-0.4, -0.2) is 61.2 Å². The number of hydroxylamine groups is 1. The van der Waals surface area contributed by atoms with E-state index >= 15 is 0 Å². The number of amides is 4. The Labute approximate surface area is 250 Å². The van der Waals surface area contributed by atoms with Crippen molar-refractivity contribution in [2.45, 2.75) is 57.5 Å². The summed E-state index contributed by atoms with van der Waals surface area (Å²) in [6, 6.07) is 15.3. The fourth-order valence-corrected chi connectivity index (χ4v) is 5.66. The van der Waals surface area contributed by atoms with E-state index in [2.05, 4.69) is 16.0 Å². The highest BCUT2D eigenvalue weighted by atomic mass is 32.1. The fraction of sp³-hybridized carbons (Fsp3) is 0.419. The van der Waals surface area contributed by atoms with Gasteiger partial charge in [0.05, 0.1) is 6.61 Å². The van der Waals surface area contributed by atoms with E-state index < -0.39 is 35.7 Å². The summed E-state index contributed by atoms with van der Waals surface area (Å²) in [5.74, 6) is -2.75. The molecule has 5 N–H and O–H groups in total. The molecule has 42 heavy (non-hydrogen) atoms. The monoisotopic (exact) mass is 596 g/mol. The van der Waals surface area contributed by atoms with Gasteiger partial charge in [0.15, 0.2) is 0 Å². The maximum Gasteiger partial charge on any atom is 0.244 e. The number of hydrogen-bond acceptors (Lipinski definition) is 7. The van der Waals surface area contributed by atoms with E-state index in [1.54, 1.807) is 16.8 Å². The Balaban J connectivity index is 1.87. The average molecular weight is 597 g/mol. The highest BCUT2D eigenvalue weighted by Crippen LogP contribution is 2.27. The molecule has 2 aromatic carbocycles. The summed E-state index contributed by atoms with van der Waals surface area (Å²) >= 11 is 1.55. The van der Waals surface area contributed by atoms with E-state index in [1.165, 1.54) is 7.11 Å². The van der Waals surface area contributed by atoms with Crippen LogP contribution in [0.5, 0.6) is 0 Å². The van der Waals surface area contributed by atoms with Gasteiger partial charge in [0.25, 0.3) is 0 Å². The zero-order valence-corrected chi connectivity index (χ0v) is 24.9. The van der Waals surface area contributed by atoms with Crippen molar-refractivity contribution in [3.05, 3.63) is 71.1 Å². The summed E-state index contributed by atoms with van der Waals surface area (Å²) in [6.45, 7) is 2.58. The molecule has 226 valence electrons. The minimum Gasteiger partial charge on any atom is -0.383 e. The molecule has 0 saturated heterocycles. The molecule has 3 rings (SSSR count). The Kier molecular flexibility index (Phi) is 13.4. The number of methoxy groups -OCH3 is 1. The summed E-state index contributed by atoms with van der Waals surface area (Å²) in [4.78, 5) is 52.4. The molecule has 0 bridgehead atoms. The Morgan fingerprint density at radius 3 is 2.31 bits per heavy atom. The number of fused-ring (bicyclic) bond motifs is 1. The summed E-state index contributed by atoms with van der Waals surface area (Å²) < 4.78 is 6.09. The molecule has 0 spiro atoms. The molecule has 11 heteroatoms. The van der Waals surface area contributed by atoms with Gasteiger partial charge in [-0.1, -0.05) is 68.3 Å². The van der Waals surface area contributed by atoms with Crippen LogP contribution < -0.4 is 21.4 Å². The molecular weight excluding hydrogens is 556 g/mol. The predicted octanol–water partition coefficient (Wildman–Crippen LogP) is 3.12. The number of unbranched alkanes of at least 4 members (excludes halogenated alkanes) is 1. The molecule has 0 aliphatic heterocycles. The molecule has 10 nitrogen and oxygen atoms in total. The van der Waals surface area contributed by atoms with Crippen LogP contribution in [0, 0.1) is 5.92 Å². The van der Waals surface area contributed by atoms with Gasteiger partial charge in [0.2, 0.25) is 23.6 Å². The first kappa shape index (κ1) is 32.7. The summed E-state index contributed by atoms with van der Waals surface area (Å²) in [7, 11) is 1.54. The third kappa shape index (κ3) is 9.93. The Morgan fingerprint density at radius 1 is 0.905 bits per heavy atom. The number of carbonyl (C=O) groups excluding carboxylic acids is 4. The number of hydrogen-bond donors (Lipinski definition) is 5. The first-order valence-electron chi connectivity index (χ1n) is 14.2. The lowest BCUT2D eigenvalue weighted by Gasteiger charge is -2.25. The van der Waals surface area contributed by atoms with Crippen LogP contribution in [0.2, 0.25) is 0 Å². The zero-order valence-electron chi connectivity index (χ0n) is 24.1. The number of nitrogens with one attached hydrogen (secondary N) is 4. The van der Waals surface area contributed by atoms with Crippen LogP contribution in [0.25, 0.3) is 10.1 Å². The van der Waals surface area contributed by atoms with Crippen molar-refractivity contribution >= 4 is 45.1 Å². The molecule has 0 fully saturated rings. The first-order chi connectivity index (χ1) is 20.4. The van der Waals surface area contributed by atoms with Gasteiger partial charge in [-0.15, -0.1) is 11.3 Å². The van der Waals surface area contributed by atoms with E-state index in [0.717, 1.165) is 27.6 Å². The van der Waals surface area contributed by atoms with Crippen molar-refractivity contribution in [2.75, 3.05) is 20.3 Å². The van der Waals surface area contributed by atoms with Crippen LogP contribution in [-0.2, 0) is 36.8 Å². The SMILES string of the molecule is CCCC[C@H](CC(=O)NO)C(=O)N[C@@H](Cc1csc2ccccc12)C(=O)N[C@@H](Cc1ccccc1)C(=O)NCCOC. The molecular formula is C31H40N4O6S. The van der Waals surface area contributed by atoms with Gasteiger partial charge in [-0.3, -0.25) is 24.4 Å². The van der Waals surface area contributed by atoms with Crippen LogP contribution in [0.15, 0.2) is 60.0 Å². The lowest BCUT2D eigenvalue weighted by molar-refractivity contribution is -0.136. The second kappa shape index (κ2) is 17.2. The number of thiophene rings is 1. The third-order valence-corrected chi connectivity index (χ3v) is 7.98. The van der Waals surface area contributed by atoms with Crippen LogP contribution >= 0.6 is 11.3 Å². The van der Waals surface area contributed by atoms with Crippen molar-refractivity contribution in [1.29, 1.82) is 0 Å². The van der Waals surface area contributed by atoms with Gasteiger partial charge < -0.3 is 20.7 Å². The minimum absolute atomic E-state index is 0.192. The summed E-state index contributed by atoms with van der Waals surface area (Å²) in [6.07, 6.45) is 2.17. The maximum absolute atomic E-state index is 13.8. The minimum atomic E-state index is -1.01. The van der Waals surface area contributed by atoms with Crippen molar-refractivity contribution in [3.63, 3.8) is 0 Å². The lowest BCUT2D eigenvalue weighted by Crippen LogP contribution is -2.56. The van der Waals surface area contributed by atoms with Crippen LogP contribution in [0.4, 0.5) is 0 Å². The Bertz CT molecular complexity index is 1320. The Morgan fingerprint density at radius 2 is 1.60 bits per heavy atom. The molecule has 1 heterocycles. The standard InChI is InChI=1S/C31H40N4O6S/c1-3-4-12-22(19-28(36)35-40)29(37)33-26(18-23-20-42-27-14-9-8-13-24(23)27)31(39)34-25(30(38)32-15-16-41-2)17-21-10-6-5-7-11-21/h5-11,13-14,20,22,25-26,40H,3-4,12,15-19H2,1-2H3,(H,32,38)(H,33,37)(H,34,39)(H,35,36)/t22-,25+,26+/m1/s1. The molecule has 0 unspecified atom stereocenters. The molecule has 0 aliphatic carbocycles. The topological polar surface area (TPSA) is 146 Å². The fourth-order valence-electron chi connectivity index (χ4n) is 4.69. The summed E-state index contributed by atoms with van der Waals surface area (Å²) in [5, 5.41) is 20.5. The number of benzene rings is 2. The Hall–Kier alpha value is -3.80. The molecule has 4 amide bonds. The second-order valence-corrected chi connectivity index (χ2v) is 11.0. The third-order valence-electron chi connectivity index (χ3n) is 6.97. The molecule has 0 aliphatic rings. The van der Waals surface area contributed by atoms with Crippen molar-refractivity contribution in [2.24, 2.45) is 5.92 Å². The van der Waals surface area contributed by atoms with Crippen molar-refractivity contribution in [1.82, 2.24) is 21.4 Å². The maximum atomic E-state index is 13.8. The highest BCUT2D eigenvalue weighted by molar-refractivity contribution is 7.17. The number of carbonyl (C=O) groups is 4. The van der Waals surface area contributed by atoms with E-state index in [1.807, 2.05) is 66.9 Å². The highest BCUT2D eigenvalue weighted by Gasteiger charge is 2.30. The molecule has 3 atom stereocenters. The zero-order chi connectivity index (χ0) is 30.3. The van der Waals surface area contributed by atoms with E-state index in [0.29, 0.717) is 19.4 Å². The number of ether oxygens (including phenoxy) is 1. The normalized spacial score (nSPS) is 13.1. The molecule has 0 saturated carbocycles. The molecule has 1 aromatic heterocycles. The number of rotatable bonds is 17. The lowest BCUT2D eigenvalue weighted by atomic mass is 9.95.